The van der Waals surface area contributed by atoms with Crippen LogP contribution >= 0.6 is 0 Å². The Morgan fingerprint density at radius 1 is 0.871 bits per heavy atom. The predicted octanol–water partition coefficient (Wildman–Crippen LogP) is 4.91. The van der Waals surface area contributed by atoms with Crippen molar-refractivity contribution in [2.24, 2.45) is 0 Å². The topological polar surface area (TPSA) is 44.4 Å². The van der Waals surface area contributed by atoms with E-state index in [1.807, 2.05) is 30.3 Å². The van der Waals surface area contributed by atoms with Gasteiger partial charge in [-0.2, -0.15) is 0 Å². The van der Waals surface area contributed by atoms with E-state index in [9.17, 15) is 4.79 Å². The van der Waals surface area contributed by atoms with Crippen LogP contribution in [0.2, 0.25) is 0 Å². The second kappa shape index (κ2) is 10.4. The van der Waals surface area contributed by atoms with Crippen molar-refractivity contribution in [1.82, 2.24) is 10.2 Å². The summed E-state index contributed by atoms with van der Waals surface area (Å²) in [5.41, 5.74) is 5.65. The number of amides is 1. The smallest absolute Gasteiger partial charge is 0.238 e. The third kappa shape index (κ3) is 6.03. The van der Waals surface area contributed by atoms with E-state index in [2.05, 4.69) is 71.0 Å². The van der Waals surface area contributed by atoms with Gasteiger partial charge in [-0.15, -0.1) is 0 Å². The normalized spacial score (nSPS) is 15.0. The third-order valence-electron chi connectivity index (χ3n) is 5.85. The quantitative estimate of drug-likeness (QED) is 0.552. The van der Waals surface area contributed by atoms with Gasteiger partial charge in [0.25, 0.3) is 0 Å². The average molecular weight is 414 g/mol. The highest BCUT2D eigenvalue weighted by molar-refractivity contribution is 5.92. The minimum atomic E-state index is -0.0414. The van der Waals surface area contributed by atoms with E-state index in [4.69, 9.17) is 0 Å². The Balaban J connectivity index is 1.35. The maximum absolute atomic E-state index is 12.6. The first-order chi connectivity index (χ1) is 15.2. The van der Waals surface area contributed by atoms with E-state index in [0.29, 0.717) is 0 Å². The van der Waals surface area contributed by atoms with Crippen LogP contribution in [0, 0.1) is 6.92 Å². The summed E-state index contributed by atoms with van der Waals surface area (Å²) >= 11 is 0. The van der Waals surface area contributed by atoms with Gasteiger partial charge >= 0.3 is 0 Å². The largest absolute Gasteiger partial charge is 0.325 e. The molecule has 1 heterocycles. The van der Waals surface area contributed by atoms with E-state index < -0.39 is 0 Å². The second-order valence-electron chi connectivity index (χ2n) is 8.36. The minimum absolute atomic E-state index is 0.0320. The summed E-state index contributed by atoms with van der Waals surface area (Å²) in [6.07, 6.45) is 2.60. The predicted molar refractivity (Wildman–Crippen MR) is 127 cm³/mol. The second-order valence-corrected chi connectivity index (χ2v) is 8.36. The fourth-order valence-electron chi connectivity index (χ4n) is 4.12. The number of hydrogen-bond donors (Lipinski definition) is 2. The number of nitrogens with zero attached hydrogens (tertiary/aromatic N) is 1. The van der Waals surface area contributed by atoms with Crippen molar-refractivity contribution < 1.29 is 4.79 Å². The van der Waals surface area contributed by atoms with Crippen molar-refractivity contribution in [3.05, 3.63) is 101 Å². The molecule has 0 saturated carbocycles. The first-order valence-electron chi connectivity index (χ1n) is 11.1. The van der Waals surface area contributed by atoms with Gasteiger partial charge in [0.15, 0.2) is 0 Å². The third-order valence-corrected chi connectivity index (χ3v) is 5.85. The van der Waals surface area contributed by atoms with Crippen LogP contribution in [0.5, 0.6) is 0 Å². The SMILES string of the molecule is Cc1ccc([C@H](NCC(=O)Nc2ccc(CN3CCCC3)cc2)c2ccccc2)cc1. The molecule has 1 amide bonds. The van der Waals surface area contributed by atoms with Crippen molar-refractivity contribution in [3.63, 3.8) is 0 Å². The molecule has 160 valence electrons. The molecular weight excluding hydrogens is 382 g/mol. The Hall–Kier alpha value is -2.95. The average Bonchev–Trinajstić information content (AvgIpc) is 3.30. The summed E-state index contributed by atoms with van der Waals surface area (Å²) in [4.78, 5) is 15.1. The summed E-state index contributed by atoms with van der Waals surface area (Å²) < 4.78 is 0. The van der Waals surface area contributed by atoms with Crippen molar-refractivity contribution in [3.8, 4) is 0 Å². The number of anilines is 1. The molecule has 1 fully saturated rings. The Bertz CT molecular complexity index is 962. The molecule has 0 aliphatic carbocycles. The van der Waals surface area contributed by atoms with Gasteiger partial charge in [-0.25, -0.2) is 0 Å². The van der Waals surface area contributed by atoms with Gasteiger partial charge in [-0.3, -0.25) is 15.0 Å². The lowest BCUT2D eigenvalue weighted by molar-refractivity contribution is -0.115. The highest BCUT2D eigenvalue weighted by Gasteiger charge is 2.15. The van der Waals surface area contributed by atoms with Crippen LogP contribution in [0.4, 0.5) is 5.69 Å². The lowest BCUT2D eigenvalue weighted by Gasteiger charge is -2.20. The highest BCUT2D eigenvalue weighted by atomic mass is 16.1. The van der Waals surface area contributed by atoms with E-state index in [1.54, 1.807) is 0 Å². The van der Waals surface area contributed by atoms with E-state index in [0.717, 1.165) is 23.4 Å². The monoisotopic (exact) mass is 413 g/mol. The first-order valence-corrected chi connectivity index (χ1v) is 11.1. The molecule has 31 heavy (non-hydrogen) atoms. The summed E-state index contributed by atoms with van der Waals surface area (Å²) in [5.74, 6) is -0.0414. The van der Waals surface area contributed by atoms with Gasteiger partial charge in [0.1, 0.15) is 0 Å². The maximum Gasteiger partial charge on any atom is 0.238 e. The van der Waals surface area contributed by atoms with Crippen LogP contribution in [-0.4, -0.2) is 30.4 Å². The maximum atomic E-state index is 12.6. The Morgan fingerprint density at radius 2 is 1.52 bits per heavy atom. The molecule has 1 aliphatic rings. The number of hydrogen-bond acceptors (Lipinski definition) is 3. The van der Waals surface area contributed by atoms with E-state index in [1.165, 1.54) is 37.1 Å². The minimum Gasteiger partial charge on any atom is -0.325 e. The lowest BCUT2D eigenvalue weighted by Crippen LogP contribution is -2.32. The zero-order valence-corrected chi connectivity index (χ0v) is 18.2. The standard InChI is InChI=1S/C27H31N3O/c1-21-9-13-24(14-10-21)27(23-7-3-2-4-8-23)28-19-26(31)29-25-15-11-22(12-16-25)20-30-17-5-6-18-30/h2-4,7-16,27-28H,5-6,17-20H2,1H3,(H,29,31)/t27-/m1/s1. The molecule has 4 heteroatoms. The molecule has 0 unspecified atom stereocenters. The first kappa shape index (κ1) is 21.3. The number of carbonyl (C=O) groups excluding carboxylic acids is 1. The van der Waals surface area contributed by atoms with Crippen molar-refractivity contribution in [1.29, 1.82) is 0 Å². The van der Waals surface area contributed by atoms with Gasteiger partial charge in [0.05, 0.1) is 12.6 Å². The molecule has 0 spiro atoms. The number of likely N-dealkylation sites (tertiary alicyclic amines) is 1. The molecule has 2 N–H and O–H groups in total. The van der Waals surface area contributed by atoms with Crippen LogP contribution in [0.3, 0.4) is 0 Å². The fraction of sp³-hybridized carbons (Fsp3) is 0.296. The molecule has 0 aromatic heterocycles. The number of carbonyl (C=O) groups is 1. The molecule has 0 radical (unpaired) electrons. The van der Waals surface area contributed by atoms with Crippen molar-refractivity contribution in [2.75, 3.05) is 25.0 Å². The summed E-state index contributed by atoms with van der Waals surface area (Å²) in [5, 5.41) is 6.45. The molecule has 4 rings (SSSR count). The van der Waals surface area contributed by atoms with Crippen LogP contribution in [0.15, 0.2) is 78.9 Å². The Kier molecular flexibility index (Phi) is 7.13. The van der Waals surface area contributed by atoms with Gasteiger partial charge in [0, 0.05) is 12.2 Å². The number of nitrogens with one attached hydrogen (secondary N) is 2. The van der Waals surface area contributed by atoms with Gasteiger partial charge < -0.3 is 5.32 Å². The molecule has 1 atom stereocenters. The van der Waals surface area contributed by atoms with E-state index >= 15 is 0 Å². The molecular formula is C27H31N3O. The van der Waals surface area contributed by atoms with Crippen LogP contribution < -0.4 is 10.6 Å². The number of benzene rings is 3. The zero-order valence-electron chi connectivity index (χ0n) is 18.2. The molecule has 3 aromatic rings. The fourth-order valence-corrected chi connectivity index (χ4v) is 4.12. The van der Waals surface area contributed by atoms with Gasteiger partial charge in [0.2, 0.25) is 5.91 Å². The summed E-state index contributed by atoms with van der Waals surface area (Å²) in [7, 11) is 0. The van der Waals surface area contributed by atoms with Crippen LogP contribution in [-0.2, 0) is 11.3 Å². The number of rotatable bonds is 8. The Morgan fingerprint density at radius 3 is 2.19 bits per heavy atom. The zero-order chi connectivity index (χ0) is 21.5. The van der Waals surface area contributed by atoms with Crippen molar-refractivity contribution in [2.45, 2.75) is 32.4 Å². The molecule has 0 bridgehead atoms. The van der Waals surface area contributed by atoms with E-state index in [-0.39, 0.29) is 18.5 Å². The van der Waals surface area contributed by atoms with Crippen LogP contribution in [0.25, 0.3) is 0 Å². The lowest BCUT2D eigenvalue weighted by atomic mass is 9.98. The number of aryl methyl sites for hydroxylation is 1. The summed E-state index contributed by atoms with van der Waals surface area (Å²) in [6.45, 7) is 5.69. The van der Waals surface area contributed by atoms with Crippen LogP contribution in [0.1, 0.15) is 41.1 Å². The Labute approximate surface area is 185 Å². The van der Waals surface area contributed by atoms with Gasteiger partial charge in [-0.1, -0.05) is 72.3 Å². The molecule has 1 saturated heterocycles. The highest BCUT2D eigenvalue weighted by Crippen LogP contribution is 2.22. The van der Waals surface area contributed by atoms with Gasteiger partial charge in [-0.05, 0) is 61.7 Å². The summed E-state index contributed by atoms with van der Waals surface area (Å²) in [6, 6.07) is 26.9. The van der Waals surface area contributed by atoms with Crippen molar-refractivity contribution >= 4 is 11.6 Å². The molecule has 1 aliphatic heterocycles. The molecule has 3 aromatic carbocycles. The molecule has 4 nitrogen and oxygen atoms in total.